The molecule has 0 aliphatic rings. The Balaban J connectivity index is 1.92. The van der Waals surface area contributed by atoms with Crippen LogP contribution in [0.15, 0.2) is 47.6 Å². The summed E-state index contributed by atoms with van der Waals surface area (Å²) >= 11 is 0. The molecular weight excluding hydrogens is 322 g/mol. The summed E-state index contributed by atoms with van der Waals surface area (Å²) in [5.41, 5.74) is 5.63. The first-order chi connectivity index (χ1) is 11.9. The Hall–Kier alpha value is -3.22. The molecule has 130 valence electrons. The van der Waals surface area contributed by atoms with Crippen LogP contribution in [0.1, 0.15) is 23.6 Å². The third-order valence-corrected chi connectivity index (χ3v) is 3.55. The van der Waals surface area contributed by atoms with Gasteiger partial charge in [-0.25, -0.2) is 5.43 Å². The summed E-state index contributed by atoms with van der Waals surface area (Å²) in [5.74, 6) is 0.272. The van der Waals surface area contributed by atoms with Crippen LogP contribution in [-0.4, -0.2) is 23.1 Å². The number of carbonyl (C=O) groups excluding carboxylic acids is 1. The zero-order valence-corrected chi connectivity index (χ0v) is 14.3. The van der Waals surface area contributed by atoms with Crippen LogP contribution in [0.5, 0.6) is 5.75 Å². The summed E-state index contributed by atoms with van der Waals surface area (Å²) in [6.45, 7) is 5.40. The average molecular weight is 341 g/mol. The lowest BCUT2D eigenvalue weighted by molar-refractivity contribution is -0.384. The number of nitro benzene ring substituents is 1. The van der Waals surface area contributed by atoms with Crippen LogP contribution in [-0.2, 0) is 4.79 Å². The van der Waals surface area contributed by atoms with E-state index in [-0.39, 0.29) is 18.2 Å². The van der Waals surface area contributed by atoms with Gasteiger partial charge in [-0.05, 0) is 55.7 Å². The first-order valence-electron chi connectivity index (χ1n) is 7.65. The number of nitro groups is 1. The maximum atomic E-state index is 11.9. The van der Waals surface area contributed by atoms with Crippen LogP contribution >= 0.6 is 0 Å². The van der Waals surface area contributed by atoms with Crippen molar-refractivity contribution in [3.63, 3.8) is 0 Å². The Kier molecular flexibility index (Phi) is 5.84. The molecule has 7 nitrogen and oxygen atoms in total. The summed E-state index contributed by atoms with van der Waals surface area (Å²) in [6.07, 6.45) is 0. The lowest BCUT2D eigenvalue weighted by atomic mass is 10.1. The highest BCUT2D eigenvalue weighted by Crippen LogP contribution is 2.18. The summed E-state index contributed by atoms with van der Waals surface area (Å²) < 4.78 is 5.50. The number of hydrazone groups is 1. The van der Waals surface area contributed by atoms with Crippen LogP contribution in [0.4, 0.5) is 5.69 Å². The van der Waals surface area contributed by atoms with E-state index in [9.17, 15) is 14.9 Å². The van der Waals surface area contributed by atoms with Crippen molar-refractivity contribution < 1.29 is 14.5 Å². The van der Waals surface area contributed by atoms with Gasteiger partial charge in [0.05, 0.1) is 10.6 Å². The molecule has 1 amide bonds. The van der Waals surface area contributed by atoms with Gasteiger partial charge in [0.1, 0.15) is 5.75 Å². The summed E-state index contributed by atoms with van der Waals surface area (Å²) in [6, 6.07) is 11.7. The molecule has 0 spiro atoms. The molecule has 0 bridgehead atoms. The lowest BCUT2D eigenvalue weighted by Gasteiger charge is -2.09. The number of benzene rings is 2. The predicted molar refractivity (Wildman–Crippen MR) is 94.9 cm³/mol. The van der Waals surface area contributed by atoms with E-state index in [1.165, 1.54) is 12.1 Å². The number of rotatable bonds is 6. The van der Waals surface area contributed by atoms with Gasteiger partial charge < -0.3 is 4.74 Å². The van der Waals surface area contributed by atoms with E-state index in [2.05, 4.69) is 10.5 Å². The minimum Gasteiger partial charge on any atom is -0.483 e. The lowest BCUT2D eigenvalue weighted by Crippen LogP contribution is -2.25. The smallest absolute Gasteiger partial charge is 0.277 e. The molecule has 0 heterocycles. The summed E-state index contributed by atoms with van der Waals surface area (Å²) in [7, 11) is 0. The number of ether oxygens (including phenoxy) is 1. The molecule has 0 atom stereocenters. The van der Waals surface area contributed by atoms with Gasteiger partial charge in [-0.3, -0.25) is 14.9 Å². The normalized spacial score (nSPS) is 11.1. The van der Waals surface area contributed by atoms with Gasteiger partial charge in [0.25, 0.3) is 11.6 Å². The highest BCUT2D eigenvalue weighted by Gasteiger charge is 2.07. The van der Waals surface area contributed by atoms with Crippen LogP contribution in [0.2, 0.25) is 0 Å². The quantitative estimate of drug-likeness (QED) is 0.496. The highest BCUT2D eigenvalue weighted by molar-refractivity contribution is 5.99. The van der Waals surface area contributed by atoms with E-state index >= 15 is 0 Å². The molecule has 7 heteroatoms. The Morgan fingerprint density at radius 1 is 1.20 bits per heavy atom. The van der Waals surface area contributed by atoms with E-state index in [0.29, 0.717) is 17.0 Å². The molecule has 2 aromatic carbocycles. The molecule has 0 fully saturated rings. The molecule has 0 aliphatic carbocycles. The summed E-state index contributed by atoms with van der Waals surface area (Å²) in [4.78, 5) is 22.0. The van der Waals surface area contributed by atoms with Gasteiger partial charge in [-0.15, -0.1) is 0 Å². The van der Waals surface area contributed by atoms with Crippen LogP contribution < -0.4 is 10.2 Å². The predicted octanol–water partition coefficient (Wildman–Crippen LogP) is 3.13. The number of non-ortho nitro benzene ring substituents is 1. The maximum absolute atomic E-state index is 11.9. The summed E-state index contributed by atoms with van der Waals surface area (Å²) in [5, 5.41) is 14.6. The Morgan fingerprint density at radius 2 is 1.88 bits per heavy atom. The molecule has 25 heavy (non-hydrogen) atoms. The van der Waals surface area contributed by atoms with Crippen molar-refractivity contribution in [1.29, 1.82) is 0 Å². The second-order valence-corrected chi connectivity index (χ2v) is 5.59. The van der Waals surface area contributed by atoms with Gasteiger partial charge in [-0.1, -0.05) is 12.1 Å². The number of nitrogens with zero attached hydrogens (tertiary/aromatic N) is 2. The van der Waals surface area contributed by atoms with Gasteiger partial charge in [-0.2, -0.15) is 5.10 Å². The third kappa shape index (κ3) is 5.13. The van der Waals surface area contributed by atoms with E-state index in [1.807, 2.05) is 32.0 Å². The average Bonchev–Trinajstić information content (AvgIpc) is 2.60. The molecule has 0 aromatic heterocycles. The Labute approximate surface area is 145 Å². The van der Waals surface area contributed by atoms with Crippen molar-refractivity contribution in [2.24, 2.45) is 5.10 Å². The first-order valence-corrected chi connectivity index (χ1v) is 7.65. The molecule has 0 saturated carbocycles. The van der Waals surface area contributed by atoms with E-state index in [0.717, 1.165) is 11.1 Å². The molecule has 0 unspecified atom stereocenters. The van der Waals surface area contributed by atoms with E-state index in [4.69, 9.17) is 4.74 Å². The minimum absolute atomic E-state index is 0.00232. The molecule has 2 rings (SSSR count). The maximum Gasteiger partial charge on any atom is 0.277 e. The SMILES string of the molecule is CC(=NNC(=O)COc1cc(C)ccc1C)c1ccc([N+](=O)[O-])cc1. The zero-order valence-electron chi connectivity index (χ0n) is 14.3. The highest BCUT2D eigenvalue weighted by atomic mass is 16.6. The zero-order chi connectivity index (χ0) is 18.4. The fourth-order valence-electron chi connectivity index (χ4n) is 2.07. The monoisotopic (exact) mass is 341 g/mol. The number of nitrogens with one attached hydrogen (secondary N) is 1. The van der Waals surface area contributed by atoms with Gasteiger partial charge in [0.15, 0.2) is 6.61 Å². The van der Waals surface area contributed by atoms with Crippen molar-refractivity contribution in [1.82, 2.24) is 5.43 Å². The molecular formula is C18H19N3O4. The van der Waals surface area contributed by atoms with Crippen molar-refractivity contribution in [2.45, 2.75) is 20.8 Å². The molecule has 1 N–H and O–H groups in total. The molecule has 0 aliphatic heterocycles. The second kappa shape index (κ2) is 8.05. The van der Waals surface area contributed by atoms with Crippen molar-refractivity contribution in [3.05, 3.63) is 69.3 Å². The first kappa shape index (κ1) is 18.1. The number of amides is 1. The molecule has 0 saturated heterocycles. The van der Waals surface area contributed by atoms with Crippen molar-refractivity contribution >= 4 is 17.3 Å². The van der Waals surface area contributed by atoms with Crippen LogP contribution in [0.25, 0.3) is 0 Å². The van der Waals surface area contributed by atoms with Crippen molar-refractivity contribution in [3.8, 4) is 5.75 Å². The number of carbonyl (C=O) groups is 1. The Morgan fingerprint density at radius 3 is 2.52 bits per heavy atom. The van der Waals surface area contributed by atoms with Gasteiger partial charge in [0, 0.05) is 12.1 Å². The fraction of sp³-hybridized carbons (Fsp3) is 0.222. The van der Waals surface area contributed by atoms with Crippen LogP contribution in [0.3, 0.4) is 0 Å². The fourth-order valence-corrected chi connectivity index (χ4v) is 2.07. The van der Waals surface area contributed by atoms with E-state index in [1.54, 1.807) is 19.1 Å². The molecule has 2 aromatic rings. The number of aryl methyl sites for hydroxylation is 2. The van der Waals surface area contributed by atoms with E-state index < -0.39 is 4.92 Å². The Bertz CT molecular complexity index is 814. The minimum atomic E-state index is -0.470. The topological polar surface area (TPSA) is 93.8 Å². The van der Waals surface area contributed by atoms with Crippen molar-refractivity contribution in [2.75, 3.05) is 6.61 Å². The molecule has 0 radical (unpaired) electrons. The number of hydrogen-bond donors (Lipinski definition) is 1. The third-order valence-electron chi connectivity index (χ3n) is 3.55. The number of hydrogen-bond acceptors (Lipinski definition) is 5. The second-order valence-electron chi connectivity index (χ2n) is 5.59. The van der Waals surface area contributed by atoms with Gasteiger partial charge >= 0.3 is 0 Å². The standard InChI is InChI=1S/C18H19N3O4/c1-12-4-5-13(2)17(10-12)25-11-18(22)20-19-14(3)15-6-8-16(9-7-15)21(23)24/h4-10H,11H2,1-3H3,(H,20,22). The largest absolute Gasteiger partial charge is 0.483 e. The van der Waals surface area contributed by atoms with Gasteiger partial charge in [0.2, 0.25) is 0 Å². The van der Waals surface area contributed by atoms with Crippen LogP contribution in [0, 0.1) is 24.0 Å².